The fourth-order valence-corrected chi connectivity index (χ4v) is 4.56. The van der Waals surface area contributed by atoms with Crippen molar-refractivity contribution in [1.29, 1.82) is 0 Å². The Hall–Kier alpha value is -2.45. The van der Waals surface area contributed by atoms with E-state index in [1.807, 2.05) is 0 Å². The number of rotatable bonds is 6. The molecule has 0 spiro atoms. The molecule has 27 heavy (non-hydrogen) atoms. The fourth-order valence-electron chi connectivity index (χ4n) is 3.02. The Labute approximate surface area is 157 Å². The summed E-state index contributed by atoms with van der Waals surface area (Å²) in [4.78, 5) is 12.2. The van der Waals surface area contributed by atoms with E-state index < -0.39 is 15.9 Å². The van der Waals surface area contributed by atoms with E-state index in [2.05, 4.69) is 5.32 Å². The molecule has 1 aliphatic rings. The van der Waals surface area contributed by atoms with Crippen molar-refractivity contribution in [3.8, 4) is 5.75 Å². The number of nitrogens with one attached hydrogen (secondary N) is 1. The molecule has 2 aromatic carbocycles. The maximum Gasteiger partial charge on any atom is 0.243 e. The first-order chi connectivity index (χ1) is 12.9. The molecule has 0 bridgehead atoms. The second-order valence-electron chi connectivity index (χ2n) is 6.43. The Morgan fingerprint density at radius 3 is 2.56 bits per heavy atom. The molecule has 2 aromatic rings. The number of carbonyl (C=O) groups excluding carboxylic acids is 1. The zero-order chi connectivity index (χ0) is 19.4. The molecule has 1 saturated heterocycles. The Balaban J connectivity index is 1.71. The molecule has 0 aromatic heterocycles. The summed E-state index contributed by atoms with van der Waals surface area (Å²) in [5.74, 6) is -1.05. The van der Waals surface area contributed by atoms with Crippen LogP contribution in [0.25, 0.3) is 0 Å². The van der Waals surface area contributed by atoms with Gasteiger partial charge >= 0.3 is 0 Å². The predicted octanol–water partition coefficient (Wildman–Crippen LogP) is 2.89. The van der Waals surface area contributed by atoms with Gasteiger partial charge in [0.05, 0.1) is 10.6 Å². The Morgan fingerprint density at radius 2 is 1.85 bits per heavy atom. The van der Waals surface area contributed by atoms with Crippen LogP contribution in [-0.2, 0) is 21.2 Å². The number of aryl methyl sites for hydroxylation is 1. The summed E-state index contributed by atoms with van der Waals surface area (Å²) in [5, 5.41) is 12.5. The van der Waals surface area contributed by atoms with E-state index in [4.69, 9.17) is 0 Å². The maximum absolute atomic E-state index is 13.6. The number of hydrogen-bond acceptors (Lipinski definition) is 4. The van der Waals surface area contributed by atoms with Gasteiger partial charge in [0.15, 0.2) is 0 Å². The van der Waals surface area contributed by atoms with E-state index in [0.29, 0.717) is 18.7 Å². The van der Waals surface area contributed by atoms with Crippen LogP contribution in [0.4, 0.5) is 10.1 Å². The van der Waals surface area contributed by atoms with Crippen molar-refractivity contribution in [1.82, 2.24) is 4.31 Å². The highest BCUT2D eigenvalue weighted by molar-refractivity contribution is 7.89. The number of aromatic hydroxyl groups is 1. The second-order valence-corrected chi connectivity index (χ2v) is 8.37. The van der Waals surface area contributed by atoms with Crippen LogP contribution in [-0.4, -0.2) is 36.8 Å². The molecule has 0 radical (unpaired) electrons. The van der Waals surface area contributed by atoms with Crippen LogP contribution in [0.5, 0.6) is 5.75 Å². The Morgan fingerprint density at radius 1 is 1.15 bits per heavy atom. The van der Waals surface area contributed by atoms with Crippen molar-refractivity contribution in [3.05, 3.63) is 53.8 Å². The molecule has 0 saturated carbocycles. The van der Waals surface area contributed by atoms with E-state index in [9.17, 15) is 22.7 Å². The van der Waals surface area contributed by atoms with Gasteiger partial charge in [-0.1, -0.05) is 18.2 Å². The van der Waals surface area contributed by atoms with E-state index in [-0.39, 0.29) is 35.0 Å². The number of phenols is 1. The van der Waals surface area contributed by atoms with Gasteiger partial charge in [0.25, 0.3) is 0 Å². The number of benzene rings is 2. The molecule has 144 valence electrons. The largest absolute Gasteiger partial charge is 0.506 e. The highest BCUT2D eigenvalue weighted by Crippen LogP contribution is 2.29. The van der Waals surface area contributed by atoms with Gasteiger partial charge in [-0.15, -0.1) is 0 Å². The smallest absolute Gasteiger partial charge is 0.243 e. The molecule has 1 fully saturated rings. The van der Waals surface area contributed by atoms with E-state index in [1.165, 1.54) is 28.6 Å². The molecule has 1 aliphatic heterocycles. The summed E-state index contributed by atoms with van der Waals surface area (Å²) < 4.78 is 40.3. The third-order valence-electron chi connectivity index (χ3n) is 4.52. The highest BCUT2D eigenvalue weighted by atomic mass is 32.2. The number of halogens is 1. The number of carbonyl (C=O) groups is 1. The minimum absolute atomic E-state index is 0.00345. The molecule has 8 heteroatoms. The number of amides is 1. The second kappa shape index (κ2) is 8.06. The van der Waals surface area contributed by atoms with E-state index in [0.717, 1.165) is 12.8 Å². The fraction of sp³-hybridized carbons (Fsp3) is 0.316. The maximum atomic E-state index is 13.6. The lowest BCUT2D eigenvalue weighted by molar-refractivity contribution is -0.116. The van der Waals surface area contributed by atoms with Crippen molar-refractivity contribution in [2.45, 2.75) is 30.6 Å². The average molecular weight is 392 g/mol. The third-order valence-corrected chi connectivity index (χ3v) is 6.42. The van der Waals surface area contributed by atoms with Crippen molar-refractivity contribution < 1.29 is 22.7 Å². The summed E-state index contributed by atoms with van der Waals surface area (Å²) in [6.45, 7) is 0.932. The monoisotopic (exact) mass is 392 g/mol. The van der Waals surface area contributed by atoms with Crippen LogP contribution in [0.15, 0.2) is 47.4 Å². The zero-order valence-electron chi connectivity index (χ0n) is 14.7. The first-order valence-electron chi connectivity index (χ1n) is 8.74. The molecular formula is C19H21FN2O4S. The van der Waals surface area contributed by atoms with Gasteiger partial charge in [-0.2, -0.15) is 4.31 Å². The van der Waals surface area contributed by atoms with E-state index >= 15 is 0 Å². The van der Waals surface area contributed by atoms with Crippen molar-refractivity contribution >= 4 is 21.6 Å². The van der Waals surface area contributed by atoms with Gasteiger partial charge in [-0.3, -0.25) is 4.79 Å². The van der Waals surface area contributed by atoms with Crippen LogP contribution in [0.3, 0.4) is 0 Å². The predicted molar refractivity (Wildman–Crippen MR) is 99.5 cm³/mol. The SMILES string of the molecule is O=C(CCc1ccccc1F)Nc1cc(S(=O)(=O)N2CCCC2)ccc1O. The summed E-state index contributed by atoms with van der Waals surface area (Å²) in [6.07, 6.45) is 1.84. The first-order valence-corrected chi connectivity index (χ1v) is 10.2. The standard InChI is InChI=1S/C19H21FN2O4S/c20-16-6-2-1-5-14(16)7-10-19(24)21-17-13-15(8-9-18(17)23)27(25,26)22-11-3-4-12-22/h1-2,5-6,8-9,13,23H,3-4,7,10-12H2,(H,21,24). The number of anilines is 1. The summed E-state index contributed by atoms with van der Waals surface area (Å²) in [6, 6.07) is 10.0. The van der Waals surface area contributed by atoms with Crippen LogP contribution < -0.4 is 5.32 Å². The Kier molecular flexibility index (Phi) is 5.76. The molecule has 0 atom stereocenters. The van der Waals surface area contributed by atoms with Gasteiger partial charge in [-0.05, 0) is 49.1 Å². The quantitative estimate of drug-likeness (QED) is 0.740. The molecule has 1 heterocycles. The van der Waals surface area contributed by atoms with Gasteiger partial charge in [0.2, 0.25) is 15.9 Å². The van der Waals surface area contributed by atoms with Gasteiger partial charge < -0.3 is 10.4 Å². The molecule has 6 nitrogen and oxygen atoms in total. The molecule has 1 amide bonds. The van der Waals surface area contributed by atoms with Crippen LogP contribution in [0.1, 0.15) is 24.8 Å². The van der Waals surface area contributed by atoms with Gasteiger partial charge in [0.1, 0.15) is 11.6 Å². The normalized spacial score (nSPS) is 15.0. The zero-order valence-corrected chi connectivity index (χ0v) is 15.5. The minimum atomic E-state index is -3.65. The summed E-state index contributed by atoms with van der Waals surface area (Å²) in [5.41, 5.74) is 0.441. The van der Waals surface area contributed by atoms with Crippen molar-refractivity contribution in [3.63, 3.8) is 0 Å². The molecule has 0 unspecified atom stereocenters. The molecular weight excluding hydrogens is 371 g/mol. The minimum Gasteiger partial charge on any atom is -0.506 e. The van der Waals surface area contributed by atoms with Crippen LogP contribution in [0, 0.1) is 5.82 Å². The lowest BCUT2D eigenvalue weighted by Crippen LogP contribution is -2.28. The number of hydrogen-bond donors (Lipinski definition) is 2. The molecule has 0 aliphatic carbocycles. The topological polar surface area (TPSA) is 86.7 Å². The van der Waals surface area contributed by atoms with E-state index in [1.54, 1.807) is 18.2 Å². The van der Waals surface area contributed by atoms with Crippen LogP contribution in [0.2, 0.25) is 0 Å². The van der Waals surface area contributed by atoms with Gasteiger partial charge in [-0.25, -0.2) is 12.8 Å². The summed E-state index contributed by atoms with van der Waals surface area (Å²) in [7, 11) is -3.65. The van der Waals surface area contributed by atoms with Gasteiger partial charge in [0, 0.05) is 19.5 Å². The number of sulfonamides is 1. The first kappa shape index (κ1) is 19.3. The number of phenolic OH excluding ortho intramolecular Hbond substituents is 1. The number of nitrogens with zero attached hydrogens (tertiary/aromatic N) is 1. The lowest BCUT2D eigenvalue weighted by atomic mass is 10.1. The average Bonchev–Trinajstić information content (AvgIpc) is 3.18. The summed E-state index contributed by atoms with van der Waals surface area (Å²) >= 11 is 0. The third kappa shape index (κ3) is 4.45. The highest BCUT2D eigenvalue weighted by Gasteiger charge is 2.27. The molecule has 3 rings (SSSR count). The Bertz CT molecular complexity index is 940. The van der Waals surface area contributed by atoms with Crippen molar-refractivity contribution in [2.24, 2.45) is 0 Å². The van der Waals surface area contributed by atoms with Crippen LogP contribution >= 0.6 is 0 Å². The molecule has 2 N–H and O–H groups in total. The van der Waals surface area contributed by atoms with Crippen molar-refractivity contribution in [2.75, 3.05) is 18.4 Å². The lowest BCUT2D eigenvalue weighted by Gasteiger charge is -2.16.